The van der Waals surface area contributed by atoms with E-state index in [1.807, 2.05) is 24.3 Å². The Kier molecular flexibility index (Phi) is 4.39. The summed E-state index contributed by atoms with van der Waals surface area (Å²) in [6.45, 7) is 4.39. The molecule has 0 aliphatic carbocycles. The first kappa shape index (κ1) is 15.8. The lowest BCUT2D eigenvalue weighted by Crippen LogP contribution is -2.39. The number of benzene rings is 1. The van der Waals surface area contributed by atoms with Gasteiger partial charge in [0.1, 0.15) is 23.1 Å². The largest absolute Gasteiger partial charge is 0.370 e. The predicted molar refractivity (Wildman–Crippen MR) is 99.2 cm³/mol. The van der Waals surface area contributed by atoms with Crippen molar-refractivity contribution in [2.45, 2.75) is 19.4 Å². The number of morpholine rings is 1. The number of fused-ring (bicyclic) bond motifs is 1. The van der Waals surface area contributed by atoms with Crippen LogP contribution in [-0.2, 0) is 11.2 Å². The molecule has 0 spiro atoms. The Balaban J connectivity index is 1.67. The minimum atomic E-state index is -0.0400. The molecule has 1 aliphatic heterocycles. The van der Waals surface area contributed by atoms with E-state index in [1.165, 1.54) is 4.88 Å². The molecule has 1 aromatic carbocycles. The molecule has 1 fully saturated rings. The van der Waals surface area contributed by atoms with E-state index in [4.69, 9.17) is 16.3 Å². The van der Waals surface area contributed by atoms with Crippen LogP contribution >= 0.6 is 22.9 Å². The average molecular weight is 360 g/mol. The van der Waals surface area contributed by atoms with Crippen LogP contribution in [0.5, 0.6) is 0 Å². The lowest BCUT2D eigenvalue weighted by Gasteiger charge is -2.34. The lowest BCUT2D eigenvalue weighted by atomic mass is 10.1. The summed E-state index contributed by atoms with van der Waals surface area (Å²) in [4.78, 5) is 13.7. The summed E-state index contributed by atoms with van der Waals surface area (Å²) < 4.78 is 5.97. The van der Waals surface area contributed by atoms with Crippen molar-refractivity contribution in [2.24, 2.45) is 0 Å². The molecule has 0 N–H and O–H groups in total. The van der Waals surface area contributed by atoms with E-state index in [1.54, 1.807) is 17.7 Å². The Labute approximate surface area is 150 Å². The van der Waals surface area contributed by atoms with Gasteiger partial charge >= 0.3 is 0 Å². The van der Waals surface area contributed by atoms with E-state index in [0.29, 0.717) is 6.61 Å². The first-order chi connectivity index (χ1) is 11.8. The fraction of sp³-hybridized carbons (Fsp3) is 0.333. The van der Waals surface area contributed by atoms with Gasteiger partial charge in [0.2, 0.25) is 0 Å². The molecule has 1 aliphatic rings. The zero-order chi connectivity index (χ0) is 16.5. The number of thiophene rings is 1. The summed E-state index contributed by atoms with van der Waals surface area (Å²) in [7, 11) is 0. The summed E-state index contributed by atoms with van der Waals surface area (Å²) >= 11 is 8.09. The maximum Gasteiger partial charge on any atom is 0.140 e. The van der Waals surface area contributed by atoms with Gasteiger partial charge in [0.05, 0.1) is 12.0 Å². The van der Waals surface area contributed by atoms with Gasteiger partial charge in [-0.25, -0.2) is 9.97 Å². The molecule has 124 valence electrons. The van der Waals surface area contributed by atoms with Crippen molar-refractivity contribution < 1.29 is 4.74 Å². The van der Waals surface area contributed by atoms with Crippen LogP contribution in [0.2, 0.25) is 5.02 Å². The van der Waals surface area contributed by atoms with Crippen LogP contribution < -0.4 is 4.90 Å². The zero-order valence-electron chi connectivity index (χ0n) is 13.4. The van der Waals surface area contributed by atoms with E-state index < -0.39 is 0 Å². The third kappa shape index (κ3) is 2.88. The van der Waals surface area contributed by atoms with E-state index in [0.717, 1.165) is 46.1 Å². The molecular formula is C18H18ClN3OS. The third-order valence-electron chi connectivity index (χ3n) is 4.33. The molecular weight excluding hydrogens is 342 g/mol. The molecule has 24 heavy (non-hydrogen) atoms. The number of hydrogen-bond donors (Lipinski definition) is 0. The standard InChI is InChI=1S/C18H18ClN3OS/c1-2-12-9-14-17(20-11-21-18(14)24-12)22-7-8-23-16(10-22)13-5-3-4-6-15(13)19/h3-6,9,11,16H,2,7-8,10H2,1H3. The molecule has 1 saturated heterocycles. The summed E-state index contributed by atoms with van der Waals surface area (Å²) in [5.74, 6) is 0.997. The summed E-state index contributed by atoms with van der Waals surface area (Å²) in [5.41, 5.74) is 1.04. The molecule has 0 saturated carbocycles. The van der Waals surface area contributed by atoms with Gasteiger partial charge in [0, 0.05) is 28.6 Å². The predicted octanol–water partition coefficient (Wildman–Crippen LogP) is 4.49. The highest BCUT2D eigenvalue weighted by Crippen LogP contribution is 2.34. The van der Waals surface area contributed by atoms with Gasteiger partial charge in [0.25, 0.3) is 0 Å². The number of aryl methyl sites for hydroxylation is 1. The highest BCUT2D eigenvalue weighted by atomic mass is 35.5. The Morgan fingerprint density at radius 3 is 3.04 bits per heavy atom. The van der Waals surface area contributed by atoms with Gasteiger partial charge < -0.3 is 9.64 Å². The second-order valence-electron chi connectivity index (χ2n) is 5.81. The topological polar surface area (TPSA) is 38.2 Å². The first-order valence-electron chi connectivity index (χ1n) is 8.10. The normalized spacial score (nSPS) is 18.2. The molecule has 1 atom stereocenters. The van der Waals surface area contributed by atoms with E-state index >= 15 is 0 Å². The number of anilines is 1. The molecule has 0 amide bonds. The van der Waals surface area contributed by atoms with Crippen LogP contribution in [0.3, 0.4) is 0 Å². The molecule has 6 heteroatoms. The Morgan fingerprint density at radius 2 is 2.21 bits per heavy atom. The second-order valence-corrected chi connectivity index (χ2v) is 7.33. The van der Waals surface area contributed by atoms with Crippen molar-refractivity contribution in [3.63, 3.8) is 0 Å². The lowest BCUT2D eigenvalue weighted by molar-refractivity contribution is 0.0397. The van der Waals surface area contributed by atoms with Crippen LogP contribution in [-0.4, -0.2) is 29.7 Å². The molecule has 4 nitrogen and oxygen atoms in total. The second kappa shape index (κ2) is 6.67. The van der Waals surface area contributed by atoms with Crippen LogP contribution in [0.25, 0.3) is 10.2 Å². The number of aromatic nitrogens is 2. The van der Waals surface area contributed by atoms with Gasteiger partial charge in [-0.1, -0.05) is 36.7 Å². The van der Waals surface area contributed by atoms with Crippen molar-refractivity contribution in [1.82, 2.24) is 9.97 Å². The molecule has 3 heterocycles. The number of halogens is 1. The Hall–Kier alpha value is -1.69. The zero-order valence-corrected chi connectivity index (χ0v) is 15.0. The number of nitrogens with zero attached hydrogens (tertiary/aromatic N) is 3. The quantitative estimate of drug-likeness (QED) is 0.690. The van der Waals surface area contributed by atoms with Crippen molar-refractivity contribution in [1.29, 1.82) is 0 Å². The highest BCUT2D eigenvalue weighted by molar-refractivity contribution is 7.18. The monoisotopic (exact) mass is 359 g/mol. The van der Waals surface area contributed by atoms with E-state index in [2.05, 4.69) is 27.9 Å². The summed E-state index contributed by atoms with van der Waals surface area (Å²) in [6.07, 6.45) is 2.64. The van der Waals surface area contributed by atoms with Crippen molar-refractivity contribution >= 4 is 39.0 Å². The fourth-order valence-corrected chi connectivity index (χ4v) is 4.27. The average Bonchev–Trinajstić information content (AvgIpc) is 3.05. The van der Waals surface area contributed by atoms with Crippen LogP contribution in [0, 0.1) is 0 Å². The number of ether oxygens (including phenoxy) is 1. The van der Waals surface area contributed by atoms with Crippen LogP contribution in [0.15, 0.2) is 36.7 Å². The molecule has 1 unspecified atom stereocenters. The van der Waals surface area contributed by atoms with Gasteiger partial charge in [-0.15, -0.1) is 11.3 Å². The van der Waals surface area contributed by atoms with Crippen molar-refractivity contribution in [2.75, 3.05) is 24.6 Å². The SMILES string of the molecule is CCc1cc2c(N3CCOC(c4ccccc4Cl)C3)ncnc2s1. The highest BCUT2D eigenvalue weighted by Gasteiger charge is 2.26. The maximum atomic E-state index is 6.35. The summed E-state index contributed by atoms with van der Waals surface area (Å²) in [5, 5.41) is 1.89. The Morgan fingerprint density at radius 1 is 1.33 bits per heavy atom. The van der Waals surface area contributed by atoms with E-state index in [-0.39, 0.29) is 6.10 Å². The van der Waals surface area contributed by atoms with Crippen LogP contribution in [0.1, 0.15) is 23.5 Å². The molecule has 3 aromatic rings. The van der Waals surface area contributed by atoms with E-state index in [9.17, 15) is 0 Å². The fourth-order valence-electron chi connectivity index (χ4n) is 3.09. The van der Waals surface area contributed by atoms with Gasteiger partial charge in [0.15, 0.2) is 0 Å². The molecule has 0 radical (unpaired) electrons. The summed E-state index contributed by atoms with van der Waals surface area (Å²) in [6, 6.07) is 10.1. The van der Waals surface area contributed by atoms with Crippen LogP contribution in [0.4, 0.5) is 5.82 Å². The maximum absolute atomic E-state index is 6.35. The molecule has 0 bridgehead atoms. The third-order valence-corrected chi connectivity index (χ3v) is 5.86. The smallest absolute Gasteiger partial charge is 0.140 e. The van der Waals surface area contributed by atoms with Crippen molar-refractivity contribution in [3.8, 4) is 0 Å². The Bertz CT molecular complexity index is 866. The molecule has 4 rings (SSSR count). The number of rotatable bonds is 3. The first-order valence-corrected chi connectivity index (χ1v) is 9.30. The minimum absolute atomic E-state index is 0.0400. The van der Waals surface area contributed by atoms with Gasteiger partial charge in [-0.3, -0.25) is 0 Å². The molecule has 2 aromatic heterocycles. The minimum Gasteiger partial charge on any atom is -0.370 e. The van der Waals surface area contributed by atoms with Gasteiger partial charge in [-0.05, 0) is 18.6 Å². The number of hydrogen-bond acceptors (Lipinski definition) is 5. The van der Waals surface area contributed by atoms with Gasteiger partial charge in [-0.2, -0.15) is 0 Å². The van der Waals surface area contributed by atoms with Crippen molar-refractivity contribution in [3.05, 3.63) is 52.1 Å².